The van der Waals surface area contributed by atoms with Gasteiger partial charge in [-0.2, -0.15) is 0 Å². The van der Waals surface area contributed by atoms with Crippen LogP contribution in [0.4, 0.5) is 5.69 Å². The lowest BCUT2D eigenvalue weighted by Gasteiger charge is -2.12. The van der Waals surface area contributed by atoms with Gasteiger partial charge in [-0.3, -0.25) is 19.2 Å². The van der Waals surface area contributed by atoms with Crippen LogP contribution in [0, 0.1) is 0 Å². The molecule has 0 aliphatic carbocycles. The number of Topliss-reactive ketones (excluding diaryl/α,β-unsaturated/α-hetero) is 2. The molecule has 0 aromatic heterocycles. The Bertz CT molecular complexity index is 1340. The van der Waals surface area contributed by atoms with E-state index in [9.17, 15) is 24.0 Å². The van der Waals surface area contributed by atoms with Gasteiger partial charge in [0.15, 0.2) is 18.5 Å². The Balaban J connectivity index is 1.41. The van der Waals surface area contributed by atoms with Crippen molar-refractivity contribution in [3.05, 3.63) is 94.5 Å². The summed E-state index contributed by atoms with van der Waals surface area (Å²) in [5.74, 6) is -1.98. The van der Waals surface area contributed by atoms with E-state index in [-0.39, 0.29) is 30.0 Å². The number of anilines is 1. The number of amides is 1. The second-order valence-corrected chi connectivity index (χ2v) is 8.79. The normalized spacial score (nSPS) is 11.2. The topological polar surface area (TPSA) is 125 Å². The SMILES string of the molecule is COc1ccc(C(=O)COC(=O)c2ccc(NC(=O)CCC(=O)O[C@@H](C)C(=O)c3ccc(Cl)cc3)cc2)cc1. The Morgan fingerprint density at radius 2 is 1.38 bits per heavy atom. The van der Waals surface area contributed by atoms with Crippen molar-refractivity contribution in [2.24, 2.45) is 0 Å². The first kappa shape index (κ1) is 29.1. The monoisotopic (exact) mass is 551 g/mol. The molecule has 3 rings (SSSR count). The standard InChI is InChI=1S/C29H26ClNO8/c1-18(28(35)20-3-9-22(30)10-4-20)39-27(34)16-15-26(33)31-23-11-5-21(6-12-23)29(36)38-17-25(32)19-7-13-24(37-2)14-8-19/h3-14,18H,15-17H2,1-2H3,(H,31,33)/t18-/m0/s1. The van der Waals surface area contributed by atoms with Crippen LogP contribution in [0.1, 0.15) is 50.8 Å². The molecule has 0 fully saturated rings. The van der Waals surface area contributed by atoms with E-state index < -0.39 is 30.6 Å². The van der Waals surface area contributed by atoms with Gasteiger partial charge >= 0.3 is 11.9 Å². The smallest absolute Gasteiger partial charge is 0.338 e. The molecule has 0 aliphatic rings. The van der Waals surface area contributed by atoms with Crippen LogP contribution in [0.25, 0.3) is 0 Å². The predicted octanol–water partition coefficient (Wildman–Crippen LogP) is 4.92. The van der Waals surface area contributed by atoms with Crippen LogP contribution in [-0.2, 0) is 19.1 Å². The van der Waals surface area contributed by atoms with Gasteiger partial charge in [0, 0.05) is 28.3 Å². The Kier molecular flexibility index (Phi) is 10.3. The van der Waals surface area contributed by atoms with Crippen molar-refractivity contribution in [3.8, 4) is 5.75 Å². The summed E-state index contributed by atoms with van der Waals surface area (Å²) < 4.78 is 15.3. The van der Waals surface area contributed by atoms with Crippen molar-refractivity contribution in [3.63, 3.8) is 0 Å². The average molecular weight is 552 g/mol. The summed E-state index contributed by atoms with van der Waals surface area (Å²) in [4.78, 5) is 61.2. The van der Waals surface area contributed by atoms with Gasteiger partial charge in [-0.15, -0.1) is 0 Å². The molecular weight excluding hydrogens is 526 g/mol. The van der Waals surface area contributed by atoms with Gasteiger partial charge in [0.2, 0.25) is 11.7 Å². The van der Waals surface area contributed by atoms with Crippen LogP contribution in [-0.4, -0.2) is 49.2 Å². The largest absolute Gasteiger partial charge is 0.497 e. The molecule has 0 aliphatic heterocycles. The van der Waals surface area contributed by atoms with E-state index in [1.807, 2.05) is 0 Å². The highest BCUT2D eigenvalue weighted by atomic mass is 35.5. The zero-order chi connectivity index (χ0) is 28.4. The number of carbonyl (C=O) groups excluding carboxylic acids is 5. The van der Waals surface area contributed by atoms with Crippen molar-refractivity contribution in [1.82, 2.24) is 0 Å². The number of esters is 2. The summed E-state index contributed by atoms with van der Waals surface area (Å²) in [6.45, 7) is 1.03. The lowest BCUT2D eigenvalue weighted by molar-refractivity contribution is -0.147. The summed E-state index contributed by atoms with van der Waals surface area (Å²) in [7, 11) is 1.52. The van der Waals surface area contributed by atoms with Gasteiger partial charge < -0.3 is 19.5 Å². The Morgan fingerprint density at radius 3 is 2.00 bits per heavy atom. The number of nitrogens with one attached hydrogen (secondary N) is 1. The van der Waals surface area contributed by atoms with E-state index in [0.29, 0.717) is 27.6 Å². The molecule has 39 heavy (non-hydrogen) atoms. The quantitative estimate of drug-likeness (QED) is 0.248. The molecule has 0 bridgehead atoms. The molecule has 10 heteroatoms. The number of ketones is 2. The van der Waals surface area contributed by atoms with Gasteiger partial charge in [-0.1, -0.05) is 11.6 Å². The first-order valence-corrected chi connectivity index (χ1v) is 12.3. The van der Waals surface area contributed by atoms with E-state index >= 15 is 0 Å². The molecule has 0 unspecified atom stereocenters. The highest BCUT2D eigenvalue weighted by Crippen LogP contribution is 2.15. The van der Waals surface area contributed by atoms with Gasteiger partial charge in [-0.05, 0) is 79.7 Å². The van der Waals surface area contributed by atoms with Gasteiger partial charge in [-0.25, -0.2) is 4.79 Å². The van der Waals surface area contributed by atoms with Crippen molar-refractivity contribution in [1.29, 1.82) is 0 Å². The van der Waals surface area contributed by atoms with E-state index in [2.05, 4.69) is 5.32 Å². The number of benzene rings is 3. The zero-order valence-electron chi connectivity index (χ0n) is 21.3. The van der Waals surface area contributed by atoms with Crippen molar-refractivity contribution in [2.75, 3.05) is 19.0 Å². The van der Waals surface area contributed by atoms with Crippen LogP contribution in [0.15, 0.2) is 72.8 Å². The number of ether oxygens (including phenoxy) is 3. The summed E-state index contributed by atoms with van der Waals surface area (Å²) in [6, 6.07) is 18.5. The lowest BCUT2D eigenvalue weighted by Crippen LogP contribution is -2.25. The van der Waals surface area contributed by atoms with E-state index in [1.54, 1.807) is 36.4 Å². The van der Waals surface area contributed by atoms with Crippen molar-refractivity contribution >= 4 is 46.7 Å². The Morgan fingerprint density at radius 1 is 0.795 bits per heavy atom. The molecule has 1 N–H and O–H groups in total. The van der Waals surface area contributed by atoms with Crippen LogP contribution >= 0.6 is 11.6 Å². The third-order valence-electron chi connectivity index (χ3n) is 5.51. The zero-order valence-corrected chi connectivity index (χ0v) is 22.0. The maximum atomic E-state index is 12.4. The number of carbonyl (C=O) groups is 5. The second-order valence-electron chi connectivity index (χ2n) is 8.36. The molecule has 0 radical (unpaired) electrons. The number of rotatable bonds is 12. The molecular formula is C29H26ClNO8. The highest BCUT2D eigenvalue weighted by molar-refractivity contribution is 6.30. The molecule has 0 heterocycles. The maximum Gasteiger partial charge on any atom is 0.338 e. The fourth-order valence-electron chi connectivity index (χ4n) is 3.36. The minimum atomic E-state index is -1.01. The van der Waals surface area contributed by atoms with Crippen molar-refractivity contribution < 1.29 is 38.2 Å². The molecule has 1 amide bonds. The predicted molar refractivity (Wildman–Crippen MR) is 143 cm³/mol. The Hall–Kier alpha value is -4.50. The van der Waals surface area contributed by atoms with Gasteiger partial charge in [0.05, 0.1) is 19.1 Å². The van der Waals surface area contributed by atoms with Crippen molar-refractivity contribution in [2.45, 2.75) is 25.9 Å². The van der Waals surface area contributed by atoms with Crippen LogP contribution in [0.3, 0.4) is 0 Å². The molecule has 3 aromatic rings. The molecule has 1 atom stereocenters. The highest BCUT2D eigenvalue weighted by Gasteiger charge is 2.20. The minimum Gasteiger partial charge on any atom is -0.497 e. The third kappa shape index (κ3) is 8.79. The van der Waals surface area contributed by atoms with E-state index in [4.69, 9.17) is 25.8 Å². The summed E-state index contributed by atoms with van der Waals surface area (Å²) >= 11 is 5.81. The van der Waals surface area contributed by atoms with E-state index in [0.717, 1.165) is 0 Å². The first-order valence-electron chi connectivity index (χ1n) is 11.9. The van der Waals surface area contributed by atoms with Crippen LogP contribution in [0.2, 0.25) is 5.02 Å². The molecule has 0 saturated heterocycles. The fraction of sp³-hybridized carbons (Fsp3) is 0.207. The van der Waals surface area contributed by atoms with E-state index in [1.165, 1.54) is 50.4 Å². The molecule has 0 saturated carbocycles. The number of hydrogen-bond acceptors (Lipinski definition) is 8. The second kappa shape index (κ2) is 13.9. The fourth-order valence-corrected chi connectivity index (χ4v) is 3.49. The minimum absolute atomic E-state index is 0.169. The van der Waals surface area contributed by atoms with Gasteiger partial charge in [0.1, 0.15) is 5.75 Å². The third-order valence-corrected chi connectivity index (χ3v) is 5.77. The number of halogens is 1. The molecule has 202 valence electrons. The van der Waals surface area contributed by atoms with Crippen LogP contribution in [0.5, 0.6) is 5.75 Å². The summed E-state index contributed by atoms with van der Waals surface area (Å²) in [5, 5.41) is 3.09. The lowest BCUT2D eigenvalue weighted by atomic mass is 10.1. The molecule has 0 spiro atoms. The molecule has 9 nitrogen and oxygen atoms in total. The molecule has 3 aromatic carbocycles. The first-order chi connectivity index (χ1) is 18.7. The summed E-state index contributed by atoms with van der Waals surface area (Å²) in [5.41, 5.74) is 1.32. The van der Waals surface area contributed by atoms with Crippen LogP contribution < -0.4 is 10.1 Å². The Labute approximate surface area is 230 Å². The van der Waals surface area contributed by atoms with Gasteiger partial charge in [0.25, 0.3) is 0 Å². The number of hydrogen-bond donors (Lipinski definition) is 1. The average Bonchev–Trinajstić information content (AvgIpc) is 2.95. The maximum absolute atomic E-state index is 12.4. The summed E-state index contributed by atoms with van der Waals surface area (Å²) in [6.07, 6.45) is -1.41. The number of methoxy groups -OCH3 is 1.